The van der Waals surface area contributed by atoms with Crippen molar-refractivity contribution in [3.05, 3.63) is 0 Å². The van der Waals surface area contributed by atoms with E-state index < -0.39 is 0 Å². The van der Waals surface area contributed by atoms with Crippen LogP contribution in [0.5, 0.6) is 0 Å². The van der Waals surface area contributed by atoms with Gasteiger partial charge in [0.05, 0.1) is 0 Å². The molecule has 15 heavy (non-hydrogen) atoms. The molecule has 0 amide bonds. The summed E-state index contributed by atoms with van der Waals surface area (Å²) in [6.45, 7) is 0. The molecule has 2 heteroatoms. The molecule has 0 atom stereocenters. The number of Topliss-reactive ketones (excluding diaryl/α,β-unsaturated/α-hetero) is 2. The lowest BCUT2D eigenvalue weighted by Gasteiger charge is -2.05. The van der Waals surface area contributed by atoms with Gasteiger partial charge in [0.25, 0.3) is 0 Å². The van der Waals surface area contributed by atoms with E-state index >= 15 is 0 Å². The Balaban J connectivity index is 0.000000151. The molecule has 0 aliphatic heterocycles. The van der Waals surface area contributed by atoms with Gasteiger partial charge in [0, 0.05) is 25.7 Å². The van der Waals surface area contributed by atoms with E-state index in [1.807, 2.05) is 0 Å². The quantitative estimate of drug-likeness (QED) is 0.574. The minimum Gasteiger partial charge on any atom is -0.300 e. The average molecular weight is 210 g/mol. The number of ketones is 2. The Labute approximate surface area is 92.4 Å². The normalized spacial score (nSPS) is 22.7. The molecule has 0 saturated heterocycles. The van der Waals surface area contributed by atoms with E-state index in [0.29, 0.717) is 11.6 Å². The maximum absolute atomic E-state index is 10.7. The summed E-state index contributed by atoms with van der Waals surface area (Å²) in [5.74, 6) is 0.939. The Kier molecular flexibility index (Phi) is 6.29. The SMILES string of the molecule is O=C1CCCCC1.O=C1CCCCCC1. The van der Waals surface area contributed by atoms with Crippen molar-refractivity contribution in [2.24, 2.45) is 0 Å². The Bertz CT molecular complexity index is 191. The van der Waals surface area contributed by atoms with Crippen LogP contribution in [0.25, 0.3) is 0 Å². The van der Waals surface area contributed by atoms with Crippen molar-refractivity contribution in [1.29, 1.82) is 0 Å². The zero-order valence-electron chi connectivity index (χ0n) is 9.59. The Morgan fingerprint density at radius 2 is 0.733 bits per heavy atom. The highest BCUT2D eigenvalue weighted by Gasteiger charge is 2.06. The van der Waals surface area contributed by atoms with Crippen LogP contribution in [0.15, 0.2) is 0 Å². The van der Waals surface area contributed by atoms with Crippen molar-refractivity contribution in [3.8, 4) is 0 Å². The molecule has 0 bridgehead atoms. The molecule has 2 fully saturated rings. The molecule has 0 unspecified atom stereocenters. The van der Waals surface area contributed by atoms with Gasteiger partial charge < -0.3 is 0 Å². The number of hydrogen-bond donors (Lipinski definition) is 0. The van der Waals surface area contributed by atoms with E-state index in [4.69, 9.17) is 0 Å². The molecule has 0 spiro atoms. The molecular formula is C13H22O2. The minimum atomic E-state index is 0.464. The van der Waals surface area contributed by atoms with E-state index in [-0.39, 0.29) is 0 Å². The van der Waals surface area contributed by atoms with Gasteiger partial charge in [0.2, 0.25) is 0 Å². The number of carbonyl (C=O) groups excluding carboxylic acids is 2. The molecule has 0 heterocycles. The first-order valence-corrected chi connectivity index (χ1v) is 6.32. The predicted octanol–water partition coefficient (Wildman–Crippen LogP) is 3.43. The maximum Gasteiger partial charge on any atom is 0.132 e. The third-order valence-corrected chi connectivity index (χ3v) is 3.07. The molecule has 0 aromatic carbocycles. The van der Waals surface area contributed by atoms with Crippen LogP contribution in [0.3, 0.4) is 0 Å². The molecular weight excluding hydrogens is 188 g/mol. The van der Waals surface area contributed by atoms with Crippen LogP contribution in [0.4, 0.5) is 0 Å². The molecule has 0 aromatic rings. The molecule has 0 radical (unpaired) electrons. The molecule has 2 aliphatic carbocycles. The lowest BCUT2D eigenvalue weighted by Crippen LogP contribution is -2.02. The van der Waals surface area contributed by atoms with Crippen LogP contribution in [-0.4, -0.2) is 11.6 Å². The summed E-state index contributed by atoms with van der Waals surface area (Å²) in [6, 6.07) is 0. The monoisotopic (exact) mass is 210 g/mol. The zero-order chi connectivity index (χ0) is 10.9. The van der Waals surface area contributed by atoms with Crippen LogP contribution in [-0.2, 0) is 9.59 Å². The highest BCUT2D eigenvalue weighted by Crippen LogP contribution is 2.13. The van der Waals surface area contributed by atoms with Crippen molar-refractivity contribution in [3.63, 3.8) is 0 Å². The number of hydrogen-bond acceptors (Lipinski definition) is 2. The second-order valence-electron chi connectivity index (χ2n) is 4.55. The van der Waals surface area contributed by atoms with Gasteiger partial charge in [0.15, 0.2) is 0 Å². The molecule has 2 saturated carbocycles. The molecule has 0 aromatic heterocycles. The summed E-state index contributed by atoms with van der Waals surface area (Å²) in [6.07, 6.45) is 11.7. The highest BCUT2D eigenvalue weighted by atomic mass is 16.1. The minimum absolute atomic E-state index is 0.464. The lowest BCUT2D eigenvalue weighted by molar-refractivity contribution is -0.120. The molecule has 86 valence electrons. The summed E-state index contributed by atoms with van der Waals surface area (Å²) in [5, 5.41) is 0. The maximum atomic E-state index is 10.7. The highest BCUT2D eigenvalue weighted by molar-refractivity contribution is 5.79. The Morgan fingerprint density at radius 3 is 1.07 bits per heavy atom. The largest absolute Gasteiger partial charge is 0.300 e. The fourth-order valence-corrected chi connectivity index (χ4v) is 2.07. The first-order valence-electron chi connectivity index (χ1n) is 6.32. The van der Waals surface area contributed by atoms with Crippen molar-refractivity contribution in [2.75, 3.05) is 0 Å². The zero-order valence-corrected chi connectivity index (χ0v) is 9.59. The first-order chi connectivity index (χ1) is 7.29. The molecule has 0 N–H and O–H groups in total. The van der Waals surface area contributed by atoms with Gasteiger partial charge in [-0.2, -0.15) is 0 Å². The van der Waals surface area contributed by atoms with Gasteiger partial charge in [-0.05, 0) is 25.7 Å². The van der Waals surface area contributed by atoms with E-state index in [0.717, 1.165) is 51.4 Å². The van der Waals surface area contributed by atoms with Crippen molar-refractivity contribution in [2.45, 2.75) is 70.6 Å². The van der Waals surface area contributed by atoms with Gasteiger partial charge in [0.1, 0.15) is 11.6 Å². The van der Waals surface area contributed by atoms with Crippen LogP contribution in [0, 0.1) is 0 Å². The fraction of sp³-hybridized carbons (Fsp3) is 0.846. The van der Waals surface area contributed by atoms with E-state index in [2.05, 4.69) is 0 Å². The lowest BCUT2D eigenvalue weighted by atomic mass is 10.00. The predicted molar refractivity (Wildman–Crippen MR) is 60.8 cm³/mol. The second-order valence-corrected chi connectivity index (χ2v) is 4.55. The fourth-order valence-electron chi connectivity index (χ4n) is 2.07. The summed E-state index contributed by atoms with van der Waals surface area (Å²) in [4.78, 5) is 21.1. The number of rotatable bonds is 0. The average Bonchev–Trinajstić information content (AvgIpc) is 2.48. The topological polar surface area (TPSA) is 34.1 Å². The Hall–Kier alpha value is -0.660. The van der Waals surface area contributed by atoms with E-state index in [9.17, 15) is 9.59 Å². The third kappa shape index (κ3) is 6.43. The van der Waals surface area contributed by atoms with Crippen molar-refractivity contribution < 1.29 is 9.59 Å². The first kappa shape index (κ1) is 12.4. The van der Waals surface area contributed by atoms with Crippen LogP contribution < -0.4 is 0 Å². The molecule has 2 nitrogen and oxygen atoms in total. The standard InChI is InChI=1S/C7H12O.C6H10O/c8-7-5-3-1-2-4-6-7;7-6-4-2-1-3-5-6/h1-6H2;1-5H2. The van der Waals surface area contributed by atoms with Gasteiger partial charge in [-0.1, -0.05) is 19.3 Å². The summed E-state index contributed by atoms with van der Waals surface area (Å²) >= 11 is 0. The number of carbonyl (C=O) groups is 2. The third-order valence-electron chi connectivity index (χ3n) is 3.07. The van der Waals surface area contributed by atoms with Gasteiger partial charge in [-0.3, -0.25) is 9.59 Å². The van der Waals surface area contributed by atoms with E-state index in [1.165, 1.54) is 19.3 Å². The van der Waals surface area contributed by atoms with Crippen LogP contribution >= 0.6 is 0 Å². The Morgan fingerprint density at radius 1 is 0.467 bits per heavy atom. The van der Waals surface area contributed by atoms with Crippen LogP contribution in [0.1, 0.15) is 70.6 Å². The van der Waals surface area contributed by atoms with Gasteiger partial charge in [-0.25, -0.2) is 0 Å². The van der Waals surface area contributed by atoms with Crippen molar-refractivity contribution in [1.82, 2.24) is 0 Å². The van der Waals surface area contributed by atoms with E-state index in [1.54, 1.807) is 0 Å². The smallest absolute Gasteiger partial charge is 0.132 e. The van der Waals surface area contributed by atoms with Crippen molar-refractivity contribution >= 4 is 11.6 Å². The van der Waals surface area contributed by atoms with Crippen LogP contribution in [0.2, 0.25) is 0 Å². The van der Waals surface area contributed by atoms with Gasteiger partial charge in [-0.15, -0.1) is 0 Å². The second kappa shape index (κ2) is 7.61. The summed E-state index contributed by atoms with van der Waals surface area (Å²) in [5.41, 5.74) is 0. The summed E-state index contributed by atoms with van der Waals surface area (Å²) in [7, 11) is 0. The molecule has 2 aliphatic rings. The summed E-state index contributed by atoms with van der Waals surface area (Å²) < 4.78 is 0. The van der Waals surface area contributed by atoms with Gasteiger partial charge >= 0.3 is 0 Å². The molecule has 2 rings (SSSR count).